The summed E-state index contributed by atoms with van der Waals surface area (Å²) in [6, 6.07) is 17.3. The maximum atomic E-state index is 13.6. The predicted octanol–water partition coefficient (Wildman–Crippen LogP) is 8.95. The van der Waals surface area contributed by atoms with Crippen molar-refractivity contribution >= 4 is 68.9 Å². The Morgan fingerprint density at radius 2 is 1.80 bits per heavy atom. The number of carbonyl (C=O) groups excluding carboxylic acids is 2. The molecule has 0 aliphatic carbocycles. The molecule has 1 amide bonds. The molecular weight excluding hydrogens is 637 g/mol. The Balaban J connectivity index is 1.51. The number of halogens is 2. The van der Waals surface area contributed by atoms with Crippen LogP contribution in [0.2, 0.25) is 10.0 Å². The van der Waals surface area contributed by atoms with E-state index < -0.39 is 17.7 Å². The van der Waals surface area contributed by atoms with Gasteiger partial charge in [-0.2, -0.15) is 0 Å². The lowest BCUT2D eigenvalue weighted by Crippen LogP contribution is -2.29. The Hall–Kier alpha value is -3.37. The number of aromatic nitrogens is 2. The third-order valence-corrected chi connectivity index (χ3v) is 9.96. The monoisotopic (exact) mass is 667 g/mol. The molecule has 2 heterocycles. The summed E-state index contributed by atoms with van der Waals surface area (Å²) in [5.41, 5.74) is 3.71. The summed E-state index contributed by atoms with van der Waals surface area (Å²) in [5, 5.41) is 21.5. The molecule has 0 radical (unpaired) electrons. The second-order valence-corrected chi connectivity index (χ2v) is 13.5. The number of hydrogen-bond donors (Lipinski definition) is 1. The first-order chi connectivity index (χ1) is 21.2. The smallest absolute Gasteiger partial charge is 0.301 e. The fourth-order valence-corrected chi connectivity index (χ4v) is 7.33. The van der Waals surface area contributed by atoms with Gasteiger partial charge in [-0.3, -0.25) is 14.5 Å². The van der Waals surface area contributed by atoms with Crippen LogP contribution in [0.4, 0.5) is 5.13 Å². The van der Waals surface area contributed by atoms with Crippen molar-refractivity contribution in [1.29, 1.82) is 0 Å². The molecular formula is C33H31Cl2N3O4S2. The second-order valence-electron chi connectivity index (χ2n) is 10.5. The number of anilines is 1. The van der Waals surface area contributed by atoms with Gasteiger partial charge < -0.3 is 9.84 Å². The first kappa shape index (κ1) is 32.0. The molecule has 1 atom stereocenters. The second kappa shape index (κ2) is 14.2. The number of hydrogen-bond acceptors (Lipinski definition) is 8. The van der Waals surface area contributed by atoms with E-state index in [9.17, 15) is 14.7 Å². The van der Waals surface area contributed by atoms with Gasteiger partial charge in [-0.1, -0.05) is 102 Å². The number of benzene rings is 3. The van der Waals surface area contributed by atoms with Crippen LogP contribution in [0.5, 0.6) is 5.75 Å². The molecule has 1 aliphatic heterocycles. The summed E-state index contributed by atoms with van der Waals surface area (Å²) in [7, 11) is 0. The van der Waals surface area contributed by atoms with Crippen LogP contribution in [0.25, 0.3) is 5.76 Å². The standard InChI is InChI=1S/C33H31Cl2N3O4S2/c1-4-5-6-15-42-24-13-10-21(11-14-24)28-27(29(39)25-16-19(2)7-8-20(25)3)30(40)31(41)38(28)32-36-37-33(44-32)43-18-22-9-12-23(34)17-26(22)35/h7-14,16-17,28,39H,4-6,15,18H2,1-3H3/b29-27+. The number of ether oxygens (including phenoxy) is 1. The molecule has 0 spiro atoms. The number of aliphatic hydroxyl groups is 1. The van der Waals surface area contributed by atoms with Crippen molar-refractivity contribution in [1.82, 2.24) is 10.2 Å². The Kier molecular flexibility index (Phi) is 10.3. The maximum absolute atomic E-state index is 13.6. The van der Waals surface area contributed by atoms with Crippen LogP contribution in [0, 0.1) is 13.8 Å². The SMILES string of the molecule is CCCCCOc1ccc(C2/C(=C(\O)c3cc(C)ccc3C)C(=O)C(=O)N2c2nnc(SCc3ccc(Cl)cc3Cl)s2)cc1. The van der Waals surface area contributed by atoms with Crippen molar-refractivity contribution in [2.75, 3.05) is 11.5 Å². The van der Waals surface area contributed by atoms with Crippen LogP contribution in [0.1, 0.15) is 60.0 Å². The number of thioether (sulfide) groups is 1. The number of aliphatic hydroxyl groups excluding tert-OH is 1. The fraction of sp³-hybridized carbons (Fsp3) is 0.273. The van der Waals surface area contributed by atoms with Crippen LogP contribution in [-0.4, -0.2) is 33.6 Å². The largest absolute Gasteiger partial charge is 0.507 e. The summed E-state index contributed by atoms with van der Waals surface area (Å²) in [6.07, 6.45) is 3.14. The zero-order chi connectivity index (χ0) is 31.4. The Morgan fingerprint density at radius 3 is 2.52 bits per heavy atom. The summed E-state index contributed by atoms with van der Waals surface area (Å²) >= 11 is 15.0. The molecule has 1 unspecified atom stereocenters. The van der Waals surface area contributed by atoms with Crippen LogP contribution in [0.3, 0.4) is 0 Å². The normalized spacial score (nSPS) is 16.1. The van der Waals surface area contributed by atoms with E-state index in [4.69, 9.17) is 27.9 Å². The molecule has 7 nitrogen and oxygen atoms in total. The van der Waals surface area contributed by atoms with Crippen molar-refractivity contribution < 1.29 is 19.4 Å². The molecule has 1 fully saturated rings. The van der Waals surface area contributed by atoms with E-state index in [1.54, 1.807) is 12.1 Å². The van der Waals surface area contributed by atoms with E-state index in [2.05, 4.69) is 17.1 Å². The van der Waals surface area contributed by atoms with E-state index in [1.165, 1.54) is 28.0 Å². The van der Waals surface area contributed by atoms with E-state index in [-0.39, 0.29) is 16.5 Å². The topological polar surface area (TPSA) is 92.6 Å². The van der Waals surface area contributed by atoms with E-state index in [0.717, 1.165) is 36.0 Å². The fourth-order valence-electron chi connectivity index (χ4n) is 4.91. The summed E-state index contributed by atoms with van der Waals surface area (Å²) in [5.74, 6) is -0.597. The highest BCUT2D eigenvalue weighted by molar-refractivity contribution is 8.00. The van der Waals surface area contributed by atoms with Crippen LogP contribution < -0.4 is 9.64 Å². The number of carbonyl (C=O) groups is 2. The van der Waals surface area contributed by atoms with Gasteiger partial charge in [-0.15, -0.1) is 10.2 Å². The average Bonchev–Trinajstić information content (AvgIpc) is 3.58. The number of nitrogens with zero attached hydrogens (tertiary/aromatic N) is 3. The zero-order valence-corrected chi connectivity index (χ0v) is 27.6. The molecule has 228 valence electrons. The van der Waals surface area contributed by atoms with E-state index in [0.29, 0.717) is 43.6 Å². The molecule has 1 N–H and O–H groups in total. The predicted molar refractivity (Wildman–Crippen MR) is 178 cm³/mol. The quantitative estimate of drug-likeness (QED) is 0.0426. The van der Waals surface area contributed by atoms with Gasteiger partial charge in [0.1, 0.15) is 11.5 Å². The summed E-state index contributed by atoms with van der Waals surface area (Å²) in [6.45, 7) is 6.50. The Labute approximate surface area is 274 Å². The van der Waals surface area contributed by atoms with Crippen molar-refractivity contribution in [3.63, 3.8) is 0 Å². The molecule has 1 aliphatic rings. The Morgan fingerprint density at radius 1 is 1.02 bits per heavy atom. The summed E-state index contributed by atoms with van der Waals surface area (Å²) < 4.78 is 6.48. The summed E-state index contributed by atoms with van der Waals surface area (Å²) in [4.78, 5) is 28.6. The molecule has 1 saturated heterocycles. The molecule has 5 rings (SSSR count). The molecule has 3 aromatic carbocycles. The first-order valence-corrected chi connectivity index (χ1v) is 16.7. The maximum Gasteiger partial charge on any atom is 0.301 e. The average molecular weight is 669 g/mol. The van der Waals surface area contributed by atoms with E-state index in [1.807, 2.05) is 62.4 Å². The van der Waals surface area contributed by atoms with Gasteiger partial charge in [-0.05, 0) is 67.3 Å². The highest BCUT2D eigenvalue weighted by atomic mass is 35.5. The van der Waals surface area contributed by atoms with E-state index >= 15 is 0 Å². The number of aryl methyl sites for hydroxylation is 2. The molecule has 44 heavy (non-hydrogen) atoms. The molecule has 0 bridgehead atoms. The molecule has 1 aromatic heterocycles. The lowest BCUT2D eigenvalue weighted by molar-refractivity contribution is -0.132. The highest BCUT2D eigenvalue weighted by Crippen LogP contribution is 2.45. The number of ketones is 1. The zero-order valence-electron chi connectivity index (χ0n) is 24.5. The third kappa shape index (κ3) is 6.96. The molecule has 0 saturated carbocycles. The lowest BCUT2D eigenvalue weighted by Gasteiger charge is -2.23. The van der Waals surface area contributed by atoms with Gasteiger partial charge in [0.15, 0.2) is 4.34 Å². The Bertz CT molecular complexity index is 1720. The van der Waals surface area contributed by atoms with Crippen molar-refractivity contribution in [3.8, 4) is 5.75 Å². The minimum atomic E-state index is -0.916. The van der Waals surface area contributed by atoms with Gasteiger partial charge in [0, 0.05) is 21.4 Å². The van der Waals surface area contributed by atoms with Gasteiger partial charge in [0.05, 0.1) is 18.2 Å². The number of Topliss-reactive ketones (excluding diaryl/α,β-unsaturated/α-hetero) is 1. The van der Waals surface area contributed by atoms with Crippen molar-refractivity contribution in [3.05, 3.63) is 104 Å². The van der Waals surface area contributed by atoms with Crippen molar-refractivity contribution in [2.45, 2.75) is 56.2 Å². The van der Waals surface area contributed by atoms with Crippen LogP contribution in [-0.2, 0) is 15.3 Å². The lowest BCUT2D eigenvalue weighted by atomic mass is 9.93. The highest BCUT2D eigenvalue weighted by Gasteiger charge is 2.48. The molecule has 4 aromatic rings. The minimum absolute atomic E-state index is 0.00216. The number of amides is 1. The molecule has 11 heteroatoms. The van der Waals surface area contributed by atoms with Crippen LogP contribution >= 0.6 is 46.3 Å². The van der Waals surface area contributed by atoms with Gasteiger partial charge in [-0.25, -0.2) is 0 Å². The van der Waals surface area contributed by atoms with Gasteiger partial charge in [0.2, 0.25) is 5.13 Å². The van der Waals surface area contributed by atoms with Crippen LogP contribution in [0.15, 0.2) is 70.6 Å². The minimum Gasteiger partial charge on any atom is -0.507 e. The van der Waals surface area contributed by atoms with Gasteiger partial charge in [0.25, 0.3) is 5.78 Å². The third-order valence-electron chi connectivity index (χ3n) is 7.27. The number of unbranched alkanes of at least 4 members (excludes halogenated alkanes) is 2. The number of rotatable bonds is 11. The van der Waals surface area contributed by atoms with Crippen molar-refractivity contribution in [2.24, 2.45) is 0 Å². The van der Waals surface area contributed by atoms with Gasteiger partial charge >= 0.3 is 5.91 Å². The first-order valence-electron chi connectivity index (χ1n) is 14.2.